The zero-order chi connectivity index (χ0) is 21.8. The molecule has 0 aliphatic rings. The Labute approximate surface area is 182 Å². The van der Waals surface area contributed by atoms with Crippen LogP contribution in [-0.4, -0.2) is 27.4 Å². The first-order chi connectivity index (χ1) is 15.0. The average molecular weight is 417 g/mol. The lowest BCUT2D eigenvalue weighted by Gasteiger charge is -2.17. The summed E-state index contributed by atoms with van der Waals surface area (Å²) in [7, 11) is 0. The van der Waals surface area contributed by atoms with Crippen molar-refractivity contribution < 1.29 is 14.6 Å². The van der Waals surface area contributed by atoms with Gasteiger partial charge in [-0.3, -0.25) is 0 Å². The van der Waals surface area contributed by atoms with Gasteiger partial charge in [0.1, 0.15) is 36.6 Å². The van der Waals surface area contributed by atoms with Crippen LogP contribution < -0.4 is 9.47 Å². The predicted molar refractivity (Wildman–Crippen MR) is 123 cm³/mol. The zero-order valence-electron chi connectivity index (χ0n) is 18.2. The van der Waals surface area contributed by atoms with E-state index < -0.39 is 6.10 Å². The summed E-state index contributed by atoms with van der Waals surface area (Å²) in [5.74, 6) is 2.38. The molecule has 0 saturated heterocycles. The van der Waals surface area contributed by atoms with Gasteiger partial charge in [-0.15, -0.1) is 0 Å². The number of nitrogens with zero attached hydrogens (tertiary/aromatic N) is 2. The number of aryl methyl sites for hydroxylation is 2. The van der Waals surface area contributed by atoms with Gasteiger partial charge in [0, 0.05) is 0 Å². The normalized spacial score (nSPS) is 12.1. The monoisotopic (exact) mass is 416 g/mol. The summed E-state index contributed by atoms with van der Waals surface area (Å²) < 4.78 is 13.9. The molecule has 0 fully saturated rings. The molecule has 1 aromatic heterocycles. The Morgan fingerprint density at radius 3 is 2.58 bits per heavy atom. The van der Waals surface area contributed by atoms with E-state index in [4.69, 9.17) is 14.5 Å². The van der Waals surface area contributed by atoms with Gasteiger partial charge in [0.2, 0.25) is 0 Å². The number of imidazole rings is 1. The molecule has 0 unspecified atom stereocenters. The quantitative estimate of drug-likeness (QED) is 0.440. The van der Waals surface area contributed by atoms with E-state index in [0.717, 1.165) is 39.5 Å². The van der Waals surface area contributed by atoms with Crippen molar-refractivity contribution in [1.29, 1.82) is 0 Å². The van der Waals surface area contributed by atoms with Gasteiger partial charge in [0.05, 0.1) is 17.6 Å². The van der Waals surface area contributed by atoms with Gasteiger partial charge in [-0.25, -0.2) is 4.98 Å². The van der Waals surface area contributed by atoms with Gasteiger partial charge < -0.3 is 19.1 Å². The molecule has 4 rings (SSSR count). The number of aliphatic hydroxyl groups is 1. The van der Waals surface area contributed by atoms with E-state index in [1.165, 1.54) is 5.56 Å². The Morgan fingerprint density at radius 1 is 0.935 bits per heavy atom. The summed E-state index contributed by atoms with van der Waals surface area (Å²) in [6.07, 6.45) is -0.685. The minimum Gasteiger partial charge on any atom is -0.491 e. The topological polar surface area (TPSA) is 56.5 Å². The minimum absolute atomic E-state index is 0.203. The first-order valence-corrected chi connectivity index (χ1v) is 10.5. The van der Waals surface area contributed by atoms with E-state index in [1.807, 2.05) is 79.1 Å². The molecule has 0 radical (unpaired) electrons. The van der Waals surface area contributed by atoms with Crippen molar-refractivity contribution in [2.45, 2.75) is 40.0 Å². The van der Waals surface area contributed by atoms with Crippen molar-refractivity contribution >= 4 is 11.0 Å². The molecule has 1 N–H and O–H groups in total. The Morgan fingerprint density at radius 2 is 1.74 bits per heavy atom. The molecule has 160 valence electrons. The van der Waals surface area contributed by atoms with Crippen LogP contribution in [-0.2, 0) is 13.2 Å². The van der Waals surface area contributed by atoms with Crippen LogP contribution in [0.1, 0.15) is 22.5 Å². The van der Waals surface area contributed by atoms with Crippen LogP contribution in [0, 0.1) is 20.8 Å². The molecule has 3 aromatic carbocycles. The third-order valence-corrected chi connectivity index (χ3v) is 5.47. The van der Waals surface area contributed by atoms with E-state index in [0.29, 0.717) is 13.2 Å². The third kappa shape index (κ3) is 4.89. The second kappa shape index (κ2) is 9.23. The highest BCUT2D eigenvalue weighted by Gasteiger charge is 2.16. The number of para-hydroxylation sites is 2. The average Bonchev–Trinajstić information content (AvgIpc) is 3.11. The maximum atomic E-state index is 10.7. The molecule has 4 aromatic rings. The standard InChI is InChI=1S/C26H28N2O3/c1-18-8-6-10-22(14-18)30-17-26-27-23-11-4-5-12-24(23)28(26)15-21(29)16-31-25-13-7-9-19(2)20(25)3/h4-14,21,29H,15-17H2,1-3H3/t21-/m1/s1. The molecule has 0 spiro atoms. The molecule has 0 aliphatic heterocycles. The van der Waals surface area contributed by atoms with Gasteiger partial charge in [0.25, 0.3) is 0 Å². The number of rotatable bonds is 8. The van der Waals surface area contributed by atoms with Crippen LogP contribution in [0.3, 0.4) is 0 Å². The fourth-order valence-corrected chi connectivity index (χ4v) is 3.62. The van der Waals surface area contributed by atoms with Crippen LogP contribution in [0.15, 0.2) is 66.7 Å². The summed E-state index contributed by atoms with van der Waals surface area (Å²) >= 11 is 0. The maximum absolute atomic E-state index is 10.7. The highest BCUT2D eigenvalue weighted by atomic mass is 16.5. The fraction of sp³-hybridized carbons (Fsp3) is 0.269. The van der Waals surface area contributed by atoms with Gasteiger partial charge in [-0.2, -0.15) is 0 Å². The fourth-order valence-electron chi connectivity index (χ4n) is 3.62. The molecule has 5 heteroatoms. The first kappa shape index (κ1) is 20.9. The number of fused-ring (bicyclic) bond motifs is 1. The number of benzene rings is 3. The zero-order valence-corrected chi connectivity index (χ0v) is 18.2. The van der Waals surface area contributed by atoms with Crippen molar-refractivity contribution in [2.75, 3.05) is 6.61 Å². The summed E-state index contributed by atoms with van der Waals surface area (Å²) in [5.41, 5.74) is 5.26. The summed E-state index contributed by atoms with van der Waals surface area (Å²) in [5, 5.41) is 10.7. The lowest BCUT2D eigenvalue weighted by Crippen LogP contribution is -2.25. The predicted octanol–water partition coefficient (Wildman–Crippen LogP) is 4.98. The van der Waals surface area contributed by atoms with Crippen molar-refractivity contribution in [2.24, 2.45) is 0 Å². The molecular weight excluding hydrogens is 388 g/mol. The van der Waals surface area contributed by atoms with Crippen molar-refractivity contribution in [3.63, 3.8) is 0 Å². The molecule has 0 amide bonds. The lowest BCUT2D eigenvalue weighted by molar-refractivity contribution is 0.0914. The molecule has 1 atom stereocenters. The second-order valence-corrected chi connectivity index (χ2v) is 7.90. The van der Waals surface area contributed by atoms with Crippen molar-refractivity contribution in [3.05, 3.63) is 89.2 Å². The van der Waals surface area contributed by atoms with Crippen molar-refractivity contribution in [3.8, 4) is 11.5 Å². The number of hydrogen-bond donors (Lipinski definition) is 1. The molecule has 0 bridgehead atoms. The SMILES string of the molecule is Cc1cccc(OCc2nc3ccccc3n2C[C@@H](O)COc2cccc(C)c2C)c1. The summed E-state index contributed by atoms with van der Waals surface area (Å²) in [4.78, 5) is 4.73. The molecule has 31 heavy (non-hydrogen) atoms. The van der Waals surface area contributed by atoms with E-state index in [-0.39, 0.29) is 6.61 Å². The van der Waals surface area contributed by atoms with Gasteiger partial charge in [-0.1, -0.05) is 36.4 Å². The third-order valence-electron chi connectivity index (χ3n) is 5.47. The smallest absolute Gasteiger partial charge is 0.148 e. The largest absolute Gasteiger partial charge is 0.491 e. The summed E-state index contributed by atoms with van der Waals surface area (Å²) in [6.45, 7) is 7.02. The Bertz CT molecular complexity index is 1180. The van der Waals surface area contributed by atoms with E-state index in [2.05, 4.69) is 13.0 Å². The summed E-state index contributed by atoms with van der Waals surface area (Å²) in [6, 6.07) is 21.8. The number of ether oxygens (including phenoxy) is 2. The number of hydrogen-bond acceptors (Lipinski definition) is 4. The molecule has 1 heterocycles. The van der Waals surface area contributed by atoms with E-state index >= 15 is 0 Å². The van der Waals surface area contributed by atoms with Crippen molar-refractivity contribution in [1.82, 2.24) is 9.55 Å². The molecular formula is C26H28N2O3. The first-order valence-electron chi connectivity index (χ1n) is 10.5. The maximum Gasteiger partial charge on any atom is 0.148 e. The Hall–Kier alpha value is -3.31. The number of aliphatic hydroxyl groups excluding tert-OH is 1. The lowest BCUT2D eigenvalue weighted by atomic mass is 10.1. The van der Waals surface area contributed by atoms with Crippen LogP contribution in [0.2, 0.25) is 0 Å². The van der Waals surface area contributed by atoms with Crippen LogP contribution in [0.4, 0.5) is 0 Å². The van der Waals surface area contributed by atoms with Crippen LogP contribution >= 0.6 is 0 Å². The Kier molecular flexibility index (Phi) is 6.23. The van der Waals surface area contributed by atoms with E-state index in [1.54, 1.807) is 0 Å². The highest BCUT2D eigenvalue weighted by Crippen LogP contribution is 2.22. The van der Waals surface area contributed by atoms with Gasteiger partial charge in [-0.05, 0) is 67.8 Å². The van der Waals surface area contributed by atoms with Crippen LogP contribution in [0.5, 0.6) is 11.5 Å². The van der Waals surface area contributed by atoms with E-state index in [9.17, 15) is 5.11 Å². The molecule has 0 saturated carbocycles. The molecule has 5 nitrogen and oxygen atoms in total. The highest BCUT2D eigenvalue weighted by molar-refractivity contribution is 5.75. The second-order valence-electron chi connectivity index (χ2n) is 7.90. The Balaban J connectivity index is 1.50. The van der Waals surface area contributed by atoms with Gasteiger partial charge >= 0.3 is 0 Å². The number of aromatic nitrogens is 2. The van der Waals surface area contributed by atoms with Gasteiger partial charge in [0.15, 0.2) is 0 Å². The van der Waals surface area contributed by atoms with Crippen LogP contribution in [0.25, 0.3) is 11.0 Å². The minimum atomic E-state index is -0.685. The molecule has 0 aliphatic carbocycles.